The summed E-state index contributed by atoms with van der Waals surface area (Å²) in [6, 6.07) is 3.60. The monoisotopic (exact) mass is 324 g/mol. The summed E-state index contributed by atoms with van der Waals surface area (Å²) in [5.41, 5.74) is 1.84. The van der Waals surface area contributed by atoms with Crippen LogP contribution in [-0.4, -0.2) is 55.1 Å². The Kier molecular flexibility index (Phi) is 3.66. The summed E-state index contributed by atoms with van der Waals surface area (Å²) in [4.78, 5) is 27.4. The molecule has 1 saturated heterocycles. The van der Waals surface area contributed by atoms with E-state index >= 15 is 0 Å². The normalized spacial score (nSPS) is 18.0. The van der Waals surface area contributed by atoms with Gasteiger partial charge in [0.25, 0.3) is 5.91 Å². The van der Waals surface area contributed by atoms with Crippen molar-refractivity contribution in [3.8, 4) is 0 Å². The highest BCUT2D eigenvalue weighted by Crippen LogP contribution is 2.22. The molecule has 8 heteroatoms. The molecule has 1 fully saturated rings. The molecule has 24 heavy (non-hydrogen) atoms. The van der Waals surface area contributed by atoms with Gasteiger partial charge in [0.1, 0.15) is 17.5 Å². The van der Waals surface area contributed by atoms with Crippen molar-refractivity contribution in [2.45, 2.75) is 13.0 Å². The lowest BCUT2D eigenvalue weighted by Crippen LogP contribution is -2.42. The van der Waals surface area contributed by atoms with Crippen molar-refractivity contribution in [2.75, 3.05) is 19.7 Å². The van der Waals surface area contributed by atoms with Crippen LogP contribution in [0.4, 0.5) is 0 Å². The van der Waals surface area contributed by atoms with E-state index in [0.717, 1.165) is 5.69 Å². The Bertz CT molecular complexity index is 893. The molecule has 0 unspecified atom stereocenters. The van der Waals surface area contributed by atoms with Crippen LogP contribution in [-0.2, 0) is 4.74 Å². The quantitative estimate of drug-likeness (QED) is 0.700. The van der Waals surface area contributed by atoms with Crippen LogP contribution in [0.2, 0.25) is 0 Å². The maximum atomic E-state index is 12.9. The molecule has 1 amide bonds. The van der Waals surface area contributed by atoms with E-state index < -0.39 is 0 Å². The molecule has 0 spiro atoms. The molecule has 0 aliphatic carbocycles. The molecule has 4 rings (SSSR count). The van der Waals surface area contributed by atoms with Crippen LogP contribution in [0.5, 0.6) is 0 Å². The topological polar surface area (TPSA) is 85.5 Å². The van der Waals surface area contributed by atoms with Crippen molar-refractivity contribution in [1.82, 2.24) is 29.5 Å². The van der Waals surface area contributed by atoms with Gasteiger partial charge in [-0.3, -0.25) is 4.79 Å². The molecule has 122 valence electrons. The number of aromatic nitrogens is 5. The van der Waals surface area contributed by atoms with Crippen LogP contribution in [0.1, 0.15) is 28.0 Å². The van der Waals surface area contributed by atoms with Crippen LogP contribution in [0.3, 0.4) is 0 Å². The third kappa shape index (κ3) is 2.61. The summed E-state index contributed by atoms with van der Waals surface area (Å²) in [5.74, 6) is 0.592. The molecular weight excluding hydrogens is 308 g/mol. The Labute approximate surface area is 138 Å². The van der Waals surface area contributed by atoms with Crippen molar-refractivity contribution in [3.05, 3.63) is 54.0 Å². The highest BCUT2D eigenvalue weighted by atomic mass is 16.5. The zero-order valence-electron chi connectivity index (χ0n) is 13.2. The van der Waals surface area contributed by atoms with E-state index in [4.69, 9.17) is 4.74 Å². The number of rotatable bonds is 2. The van der Waals surface area contributed by atoms with Crippen molar-refractivity contribution >= 4 is 11.6 Å². The van der Waals surface area contributed by atoms with Crippen molar-refractivity contribution in [2.24, 2.45) is 0 Å². The lowest BCUT2D eigenvalue weighted by Gasteiger charge is -2.32. The molecule has 1 aliphatic heterocycles. The van der Waals surface area contributed by atoms with Gasteiger partial charge in [-0.05, 0) is 19.1 Å². The van der Waals surface area contributed by atoms with Gasteiger partial charge in [0.05, 0.1) is 25.0 Å². The second-order valence-electron chi connectivity index (χ2n) is 5.59. The van der Waals surface area contributed by atoms with Crippen LogP contribution in [0.25, 0.3) is 5.65 Å². The molecule has 0 N–H and O–H groups in total. The molecule has 4 heterocycles. The Morgan fingerprint density at radius 3 is 3.12 bits per heavy atom. The van der Waals surface area contributed by atoms with E-state index in [0.29, 0.717) is 36.7 Å². The Morgan fingerprint density at radius 2 is 2.25 bits per heavy atom. The molecule has 0 aromatic carbocycles. The number of amides is 1. The average molecular weight is 324 g/mol. The van der Waals surface area contributed by atoms with Gasteiger partial charge in [-0.1, -0.05) is 0 Å². The SMILES string of the molecule is Cc1nccc([C@H]2CN(C(=O)c3cnn4cccnc34)CCO2)n1. The second-order valence-corrected chi connectivity index (χ2v) is 5.59. The first-order valence-electron chi connectivity index (χ1n) is 7.71. The molecule has 0 saturated carbocycles. The van der Waals surface area contributed by atoms with Crippen LogP contribution in [0, 0.1) is 6.92 Å². The second kappa shape index (κ2) is 5.97. The van der Waals surface area contributed by atoms with Crippen molar-refractivity contribution in [1.29, 1.82) is 0 Å². The molecule has 1 atom stereocenters. The van der Waals surface area contributed by atoms with Gasteiger partial charge in [-0.15, -0.1) is 0 Å². The molecule has 1 aliphatic rings. The largest absolute Gasteiger partial charge is 0.368 e. The number of hydrogen-bond donors (Lipinski definition) is 0. The molecule has 3 aromatic rings. The minimum Gasteiger partial charge on any atom is -0.368 e. The fourth-order valence-electron chi connectivity index (χ4n) is 2.81. The highest BCUT2D eigenvalue weighted by Gasteiger charge is 2.28. The molecule has 3 aromatic heterocycles. The van der Waals surface area contributed by atoms with Gasteiger partial charge in [-0.2, -0.15) is 5.10 Å². The van der Waals surface area contributed by atoms with Gasteiger partial charge in [0.15, 0.2) is 5.65 Å². The third-order valence-corrected chi connectivity index (χ3v) is 3.99. The highest BCUT2D eigenvalue weighted by molar-refractivity contribution is 5.99. The number of carbonyl (C=O) groups is 1. The maximum absolute atomic E-state index is 12.9. The zero-order valence-corrected chi connectivity index (χ0v) is 13.2. The first-order valence-corrected chi connectivity index (χ1v) is 7.71. The lowest BCUT2D eigenvalue weighted by molar-refractivity contribution is -0.0247. The third-order valence-electron chi connectivity index (χ3n) is 3.99. The molecule has 0 bridgehead atoms. The number of morpholine rings is 1. The fraction of sp³-hybridized carbons (Fsp3) is 0.312. The van der Waals surface area contributed by atoms with E-state index in [-0.39, 0.29) is 12.0 Å². The van der Waals surface area contributed by atoms with Crippen LogP contribution < -0.4 is 0 Å². The van der Waals surface area contributed by atoms with E-state index in [1.165, 1.54) is 0 Å². The Balaban J connectivity index is 1.58. The first kappa shape index (κ1) is 14.7. The lowest BCUT2D eigenvalue weighted by atomic mass is 10.1. The summed E-state index contributed by atoms with van der Waals surface area (Å²) in [6.07, 6.45) is 6.44. The number of ether oxygens (including phenoxy) is 1. The maximum Gasteiger partial charge on any atom is 0.259 e. The smallest absolute Gasteiger partial charge is 0.259 e. The summed E-state index contributed by atoms with van der Waals surface area (Å²) in [6.45, 7) is 3.27. The van der Waals surface area contributed by atoms with E-state index in [2.05, 4.69) is 20.1 Å². The Hall–Kier alpha value is -2.87. The van der Waals surface area contributed by atoms with E-state index in [1.807, 2.05) is 13.0 Å². The molecule has 0 radical (unpaired) electrons. The molecule has 8 nitrogen and oxygen atoms in total. The summed E-state index contributed by atoms with van der Waals surface area (Å²) in [7, 11) is 0. The standard InChI is InChI=1S/C16H16N6O2/c1-11-17-5-3-13(20-11)14-10-21(7-8-24-14)16(23)12-9-19-22-6-2-4-18-15(12)22/h2-6,9,14H,7-8,10H2,1H3/t14-/m1/s1. The number of aryl methyl sites for hydroxylation is 1. The average Bonchev–Trinajstić information content (AvgIpc) is 3.05. The van der Waals surface area contributed by atoms with E-state index in [9.17, 15) is 4.79 Å². The van der Waals surface area contributed by atoms with E-state index in [1.54, 1.807) is 40.3 Å². The zero-order chi connectivity index (χ0) is 16.5. The number of nitrogens with zero attached hydrogens (tertiary/aromatic N) is 6. The van der Waals surface area contributed by atoms with Crippen LogP contribution in [0.15, 0.2) is 36.9 Å². The fourth-order valence-corrected chi connectivity index (χ4v) is 2.81. The van der Waals surface area contributed by atoms with Gasteiger partial charge < -0.3 is 9.64 Å². The number of fused-ring (bicyclic) bond motifs is 1. The minimum atomic E-state index is -0.251. The van der Waals surface area contributed by atoms with Gasteiger partial charge in [0.2, 0.25) is 0 Å². The molecular formula is C16H16N6O2. The number of carbonyl (C=O) groups excluding carboxylic acids is 1. The summed E-state index contributed by atoms with van der Waals surface area (Å²) in [5, 5.41) is 4.18. The predicted octanol–water partition coefficient (Wildman–Crippen LogP) is 1.04. The van der Waals surface area contributed by atoms with Crippen molar-refractivity contribution in [3.63, 3.8) is 0 Å². The van der Waals surface area contributed by atoms with Gasteiger partial charge >= 0.3 is 0 Å². The van der Waals surface area contributed by atoms with Crippen molar-refractivity contribution < 1.29 is 9.53 Å². The van der Waals surface area contributed by atoms with Gasteiger partial charge in [-0.25, -0.2) is 19.5 Å². The van der Waals surface area contributed by atoms with Gasteiger partial charge in [0, 0.05) is 25.1 Å². The number of hydrogen-bond acceptors (Lipinski definition) is 6. The van der Waals surface area contributed by atoms with Crippen LogP contribution >= 0.6 is 0 Å². The Morgan fingerprint density at radius 1 is 1.33 bits per heavy atom. The predicted molar refractivity (Wildman–Crippen MR) is 84.4 cm³/mol. The summed E-state index contributed by atoms with van der Waals surface area (Å²) < 4.78 is 7.38. The first-order chi connectivity index (χ1) is 11.7. The minimum absolute atomic E-state index is 0.0946. The summed E-state index contributed by atoms with van der Waals surface area (Å²) >= 11 is 0.